The Bertz CT molecular complexity index is 791. The van der Waals surface area contributed by atoms with E-state index in [1.807, 2.05) is 18.2 Å². The van der Waals surface area contributed by atoms with Crippen molar-refractivity contribution in [2.75, 3.05) is 0 Å². The van der Waals surface area contributed by atoms with Crippen molar-refractivity contribution in [3.8, 4) is 5.75 Å². The predicted molar refractivity (Wildman–Crippen MR) is 83.9 cm³/mol. The molecule has 0 saturated carbocycles. The Morgan fingerprint density at radius 3 is 2.62 bits per heavy atom. The number of fused-ring (bicyclic) bond motifs is 1. The third-order valence-electron chi connectivity index (χ3n) is 3.79. The summed E-state index contributed by atoms with van der Waals surface area (Å²) in [6.07, 6.45) is 1.07. The Morgan fingerprint density at radius 2 is 2.04 bits per heavy atom. The molecule has 1 aromatic rings. The number of carboxylic acids is 1. The van der Waals surface area contributed by atoms with E-state index in [4.69, 9.17) is 21.4 Å². The van der Waals surface area contributed by atoms with E-state index in [1.165, 1.54) is 12.1 Å². The molecule has 0 bridgehead atoms. The fraction of sp³-hybridized carbons (Fsp3) is 0.235. The van der Waals surface area contributed by atoms with E-state index in [-0.39, 0.29) is 11.3 Å². The minimum absolute atomic E-state index is 0.0402. The maximum Gasteiger partial charge on any atom is 0.430 e. The van der Waals surface area contributed by atoms with Gasteiger partial charge < -0.3 is 9.84 Å². The molecule has 1 aliphatic carbocycles. The zero-order valence-electron chi connectivity index (χ0n) is 12.2. The van der Waals surface area contributed by atoms with Crippen LogP contribution in [-0.4, -0.2) is 23.4 Å². The predicted octanol–water partition coefficient (Wildman–Crippen LogP) is 4.86. The maximum absolute atomic E-state index is 13.1. The second-order valence-electron chi connectivity index (χ2n) is 5.45. The molecule has 0 fully saturated rings. The second kappa shape index (κ2) is 6.02. The molecule has 2 aliphatic rings. The Balaban J connectivity index is 2.10. The molecular formula is C17H12ClF3O3. The van der Waals surface area contributed by atoms with E-state index in [9.17, 15) is 18.0 Å². The number of aliphatic carboxylic acids is 1. The molecule has 24 heavy (non-hydrogen) atoms. The van der Waals surface area contributed by atoms with Gasteiger partial charge in [-0.1, -0.05) is 29.8 Å². The minimum atomic E-state index is -4.83. The van der Waals surface area contributed by atoms with Gasteiger partial charge in [-0.2, -0.15) is 13.2 Å². The molecule has 1 aliphatic heterocycles. The molecule has 0 spiro atoms. The van der Waals surface area contributed by atoms with Crippen LogP contribution in [0, 0.1) is 0 Å². The van der Waals surface area contributed by atoms with Gasteiger partial charge in [-0.15, -0.1) is 0 Å². The molecule has 1 heterocycles. The van der Waals surface area contributed by atoms with Crippen molar-refractivity contribution >= 4 is 29.2 Å². The van der Waals surface area contributed by atoms with Crippen LogP contribution in [0.25, 0.3) is 11.6 Å². The van der Waals surface area contributed by atoms with Gasteiger partial charge in [-0.25, -0.2) is 4.79 Å². The summed E-state index contributed by atoms with van der Waals surface area (Å²) in [6, 6.07) is 2.85. The van der Waals surface area contributed by atoms with Crippen molar-refractivity contribution in [1.29, 1.82) is 0 Å². The molecule has 0 saturated heterocycles. The Kier molecular flexibility index (Phi) is 4.17. The van der Waals surface area contributed by atoms with Crippen molar-refractivity contribution in [2.24, 2.45) is 0 Å². The van der Waals surface area contributed by atoms with Crippen LogP contribution < -0.4 is 4.74 Å². The summed E-state index contributed by atoms with van der Waals surface area (Å²) >= 11 is 6.22. The molecule has 0 radical (unpaired) electrons. The average Bonchev–Trinajstić information content (AvgIpc) is 2.53. The van der Waals surface area contributed by atoms with Crippen LogP contribution in [0.5, 0.6) is 5.75 Å². The standard InChI is InChI=1S/C17H12ClF3O3/c18-13-7-10-6-12(16(22)23)15(17(19,20)21)24-14(10)8-11(13)9-4-2-1-3-5-9/h2,4-8,15H,1,3H2,(H,22,23). The molecule has 1 aromatic carbocycles. The number of hydrogen-bond donors (Lipinski definition) is 1. The lowest BCUT2D eigenvalue weighted by Crippen LogP contribution is -2.40. The van der Waals surface area contributed by atoms with Crippen LogP contribution in [0.2, 0.25) is 5.02 Å². The fourth-order valence-electron chi connectivity index (χ4n) is 2.67. The molecule has 1 N–H and O–H groups in total. The number of allylic oxidation sites excluding steroid dienone is 4. The van der Waals surface area contributed by atoms with Crippen molar-refractivity contribution in [1.82, 2.24) is 0 Å². The van der Waals surface area contributed by atoms with Gasteiger partial charge in [0.1, 0.15) is 5.75 Å². The van der Waals surface area contributed by atoms with Crippen LogP contribution in [0.3, 0.4) is 0 Å². The third kappa shape index (κ3) is 3.06. The van der Waals surface area contributed by atoms with Crippen LogP contribution in [-0.2, 0) is 4.79 Å². The molecule has 7 heteroatoms. The van der Waals surface area contributed by atoms with E-state index in [1.54, 1.807) is 0 Å². The van der Waals surface area contributed by atoms with E-state index in [0.717, 1.165) is 24.5 Å². The van der Waals surface area contributed by atoms with E-state index >= 15 is 0 Å². The summed E-state index contributed by atoms with van der Waals surface area (Å²) in [5, 5.41) is 9.35. The van der Waals surface area contributed by atoms with Gasteiger partial charge in [0.25, 0.3) is 0 Å². The van der Waals surface area contributed by atoms with E-state index in [0.29, 0.717) is 10.6 Å². The SMILES string of the molecule is O=C(O)C1=Cc2cc(Cl)c(C3=CCCC=C3)cc2OC1C(F)(F)F. The van der Waals surface area contributed by atoms with Crippen molar-refractivity contribution in [3.63, 3.8) is 0 Å². The number of carboxylic acid groups (broad SMARTS) is 1. The molecule has 0 amide bonds. The smallest absolute Gasteiger partial charge is 0.430 e. The highest BCUT2D eigenvalue weighted by atomic mass is 35.5. The van der Waals surface area contributed by atoms with Crippen LogP contribution in [0.4, 0.5) is 13.2 Å². The number of benzene rings is 1. The summed E-state index contributed by atoms with van der Waals surface area (Å²) in [4.78, 5) is 11.1. The van der Waals surface area contributed by atoms with Gasteiger partial charge in [-0.05, 0) is 36.6 Å². The van der Waals surface area contributed by atoms with Gasteiger partial charge in [-0.3, -0.25) is 0 Å². The van der Waals surface area contributed by atoms with E-state index < -0.39 is 23.8 Å². The average molecular weight is 357 g/mol. The number of halogens is 4. The number of rotatable bonds is 2. The summed E-state index contributed by atoms with van der Waals surface area (Å²) in [7, 11) is 0. The first-order valence-electron chi connectivity index (χ1n) is 7.16. The van der Waals surface area contributed by atoms with Crippen LogP contribution in [0.15, 0.2) is 35.9 Å². The minimum Gasteiger partial charge on any atom is -0.478 e. The molecular weight excluding hydrogens is 345 g/mol. The lowest BCUT2D eigenvalue weighted by Gasteiger charge is -2.27. The summed E-state index contributed by atoms with van der Waals surface area (Å²) in [6.45, 7) is 0. The van der Waals surface area contributed by atoms with Crippen molar-refractivity contribution < 1.29 is 27.8 Å². The largest absolute Gasteiger partial charge is 0.478 e. The fourth-order valence-corrected chi connectivity index (χ4v) is 2.95. The Morgan fingerprint density at radius 1 is 1.29 bits per heavy atom. The highest BCUT2D eigenvalue weighted by Crippen LogP contribution is 2.41. The Hall–Kier alpha value is -2.21. The quantitative estimate of drug-likeness (QED) is 0.822. The van der Waals surface area contributed by atoms with Gasteiger partial charge >= 0.3 is 12.1 Å². The summed E-state index contributed by atoms with van der Waals surface area (Å²) in [5.41, 5.74) is 0.700. The summed E-state index contributed by atoms with van der Waals surface area (Å²) in [5.74, 6) is -1.72. The highest BCUT2D eigenvalue weighted by Gasteiger charge is 2.48. The molecule has 126 valence electrons. The number of carbonyl (C=O) groups is 1. The Labute approximate surface area is 140 Å². The zero-order valence-corrected chi connectivity index (χ0v) is 13.0. The molecule has 1 atom stereocenters. The van der Waals surface area contributed by atoms with Crippen molar-refractivity contribution in [3.05, 3.63) is 52.1 Å². The zero-order chi connectivity index (χ0) is 17.5. The van der Waals surface area contributed by atoms with Crippen molar-refractivity contribution in [2.45, 2.75) is 25.1 Å². The molecule has 3 nitrogen and oxygen atoms in total. The number of ether oxygens (including phenoxy) is 1. The lowest BCUT2D eigenvalue weighted by atomic mass is 9.95. The second-order valence-corrected chi connectivity index (χ2v) is 5.86. The highest BCUT2D eigenvalue weighted by molar-refractivity contribution is 6.32. The first-order chi connectivity index (χ1) is 11.3. The first-order valence-corrected chi connectivity index (χ1v) is 7.54. The maximum atomic E-state index is 13.1. The number of alkyl halides is 3. The molecule has 1 unspecified atom stereocenters. The van der Waals surface area contributed by atoms with Gasteiger partial charge in [0.2, 0.25) is 6.10 Å². The van der Waals surface area contributed by atoms with Gasteiger partial charge in [0.15, 0.2) is 0 Å². The monoisotopic (exact) mass is 356 g/mol. The first kappa shape index (κ1) is 16.6. The van der Waals surface area contributed by atoms with E-state index in [2.05, 4.69) is 0 Å². The molecule has 3 rings (SSSR count). The lowest BCUT2D eigenvalue weighted by molar-refractivity contribution is -0.187. The van der Waals surface area contributed by atoms with Crippen LogP contribution in [0.1, 0.15) is 24.0 Å². The van der Waals surface area contributed by atoms with Gasteiger partial charge in [0.05, 0.1) is 5.57 Å². The topological polar surface area (TPSA) is 46.5 Å². The molecule has 0 aromatic heterocycles. The third-order valence-corrected chi connectivity index (χ3v) is 4.10. The van der Waals surface area contributed by atoms with Gasteiger partial charge in [0, 0.05) is 16.1 Å². The number of hydrogen-bond acceptors (Lipinski definition) is 2. The summed E-state index contributed by atoms with van der Waals surface area (Å²) < 4.78 is 44.3. The normalized spacial score (nSPS) is 19.9. The van der Waals surface area contributed by atoms with Crippen LogP contribution >= 0.6 is 11.6 Å².